The molecule has 106 valence electrons. The van der Waals surface area contributed by atoms with Gasteiger partial charge in [-0.15, -0.1) is 0 Å². The molecule has 1 fully saturated rings. The molecule has 0 spiro atoms. The highest BCUT2D eigenvalue weighted by molar-refractivity contribution is 7.93. The van der Waals surface area contributed by atoms with Crippen molar-refractivity contribution >= 4 is 9.84 Å². The summed E-state index contributed by atoms with van der Waals surface area (Å²) in [5.74, 6) is 0. The Bertz CT molecular complexity index is 487. The van der Waals surface area contributed by atoms with Crippen LogP contribution in [0, 0.1) is 0 Å². The molecule has 1 aromatic carbocycles. The molecule has 0 N–H and O–H groups in total. The molecule has 3 heteroatoms. The van der Waals surface area contributed by atoms with Gasteiger partial charge in [-0.2, -0.15) is 0 Å². The number of rotatable bonds is 8. The highest BCUT2D eigenvalue weighted by Gasteiger charge is 2.53. The predicted molar refractivity (Wildman–Crippen MR) is 79.0 cm³/mol. The van der Waals surface area contributed by atoms with Crippen LogP contribution in [0.4, 0.5) is 0 Å². The number of hydrogen-bond donors (Lipinski definition) is 0. The molecule has 2 rings (SSSR count). The number of hydrogen-bond acceptors (Lipinski definition) is 2. The molecule has 2 nitrogen and oxygen atoms in total. The first kappa shape index (κ1) is 14.6. The molecule has 0 atom stereocenters. The van der Waals surface area contributed by atoms with E-state index in [1.165, 1.54) is 25.7 Å². The van der Waals surface area contributed by atoms with E-state index in [9.17, 15) is 8.42 Å². The maximum Gasteiger partial charge on any atom is 0.184 e. The van der Waals surface area contributed by atoms with E-state index in [-0.39, 0.29) is 0 Å². The van der Waals surface area contributed by atoms with E-state index >= 15 is 0 Å². The summed E-state index contributed by atoms with van der Waals surface area (Å²) >= 11 is 0. The third-order valence-corrected chi connectivity index (χ3v) is 6.81. The zero-order valence-electron chi connectivity index (χ0n) is 11.8. The van der Waals surface area contributed by atoms with E-state index in [1.807, 2.05) is 18.2 Å². The van der Waals surface area contributed by atoms with E-state index < -0.39 is 14.6 Å². The first-order chi connectivity index (χ1) is 9.12. The van der Waals surface area contributed by atoms with Gasteiger partial charge in [-0.1, -0.05) is 57.2 Å². The molecular weight excluding hydrogens is 256 g/mol. The molecule has 0 radical (unpaired) electrons. The van der Waals surface area contributed by atoms with Crippen molar-refractivity contribution in [3.63, 3.8) is 0 Å². The molecule has 0 unspecified atom stereocenters. The van der Waals surface area contributed by atoms with Gasteiger partial charge < -0.3 is 0 Å². The molecule has 1 aromatic rings. The standard InChI is InChI=1S/C16H24O2S/c1-2-3-4-5-9-12-16(13-14-16)19(17,18)15-10-7-6-8-11-15/h6-8,10-11H,2-5,9,12-14H2,1H3. The lowest BCUT2D eigenvalue weighted by Gasteiger charge is -2.16. The Morgan fingerprint density at radius 2 is 1.63 bits per heavy atom. The van der Waals surface area contributed by atoms with Gasteiger partial charge in [-0.25, -0.2) is 8.42 Å². The molecule has 1 aliphatic rings. The van der Waals surface area contributed by atoms with Crippen LogP contribution in [0.25, 0.3) is 0 Å². The van der Waals surface area contributed by atoms with Crippen LogP contribution in [0.3, 0.4) is 0 Å². The van der Waals surface area contributed by atoms with Gasteiger partial charge >= 0.3 is 0 Å². The second-order valence-electron chi connectivity index (χ2n) is 5.66. The molecule has 0 saturated heterocycles. The van der Waals surface area contributed by atoms with Crippen LogP contribution in [0.15, 0.2) is 35.2 Å². The fourth-order valence-electron chi connectivity index (χ4n) is 2.69. The third-order valence-electron chi connectivity index (χ3n) is 4.17. The summed E-state index contributed by atoms with van der Waals surface area (Å²) < 4.78 is 24.8. The summed E-state index contributed by atoms with van der Waals surface area (Å²) in [5.41, 5.74) is 0. The normalized spacial score (nSPS) is 17.3. The number of benzene rings is 1. The predicted octanol–water partition coefficient (Wildman–Crippen LogP) is 4.35. The first-order valence-electron chi connectivity index (χ1n) is 7.42. The molecule has 0 amide bonds. The highest BCUT2D eigenvalue weighted by atomic mass is 32.2. The van der Waals surface area contributed by atoms with Crippen molar-refractivity contribution in [3.8, 4) is 0 Å². The maximum absolute atomic E-state index is 12.6. The van der Waals surface area contributed by atoms with Gasteiger partial charge in [0.2, 0.25) is 0 Å². The van der Waals surface area contributed by atoms with Crippen LogP contribution in [-0.2, 0) is 9.84 Å². The van der Waals surface area contributed by atoms with Crippen LogP contribution in [0.2, 0.25) is 0 Å². The zero-order valence-corrected chi connectivity index (χ0v) is 12.6. The average Bonchev–Trinajstić information content (AvgIpc) is 3.21. The molecule has 0 heterocycles. The Labute approximate surface area is 117 Å². The molecule has 0 aliphatic heterocycles. The van der Waals surface area contributed by atoms with Gasteiger partial charge in [0.25, 0.3) is 0 Å². The lowest BCUT2D eigenvalue weighted by molar-refractivity contribution is 0.545. The van der Waals surface area contributed by atoms with Crippen LogP contribution in [0.5, 0.6) is 0 Å². The van der Waals surface area contributed by atoms with Crippen molar-refractivity contribution in [2.75, 3.05) is 0 Å². The van der Waals surface area contributed by atoms with E-state index in [2.05, 4.69) is 6.92 Å². The number of unbranched alkanes of at least 4 members (excludes halogenated alkanes) is 4. The van der Waals surface area contributed by atoms with Crippen molar-refractivity contribution in [3.05, 3.63) is 30.3 Å². The topological polar surface area (TPSA) is 34.1 Å². The van der Waals surface area contributed by atoms with Gasteiger partial charge in [0.15, 0.2) is 9.84 Å². The van der Waals surface area contributed by atoms with E-state index in [1.54, 1.807) is 12.1 Å². The Morgan fingerprint density at radius 1 is 1.00 bits per heavy atom. The van der Waals surface area contributed by atoms with Gasteiger partial charge in [-0.05, 0) is 31.4 Å². The van der Waals surface area contributed by atoms with Gasteiger partial charge in [-0.3, -0.25) is 0 Å². The van der Waals surface area contributed by atoms with Crippen molar-refractivity contribution in [1.29, 1.82) is 0 Å². The molecule has 0 aromatic heterocycles. The summed E-state index contributed by atoms with van der Waals surface area (Å²) in [6.45, 7) is 2.20. The Balaban J connectivity index is 1.96. The quantitative estimate of drug-likeness (QED) is 0.663. The van der Waals surface area contributed by atoms with E-state index in [0.717, 1.165) is 25.7 Å². The van der Waals surface area contributed by atoms with E-state index in [4.69, 9.17) is 0 Å². The molecular formula is C16H24O2S. The second-order valence-corrected chi connectivity index (χ2v) is 8.01. The van der Waals surface area contributed by atoms with Crippen LogP contribution < -0.4 is 0 Å². The van der Waals surface area contributed by atoms with Crippen LogP contribution >= 0.6 is 0 Å². The lowest BCUT2D eigenvalue weighted by atomic mass is 10.1. The van der Waals surface area contributed by atoms with Crippen molar-refractivity contribution in [2.45, 2.75) is 67.9 Å². The monoisotopic (exact) mass is 280 g/mol. The van der Waals surface area contributed by atoms with Crippen molar-refractivity contribution in [1.82, 2.24) is 0 Å². The minimum absolute atomic E-state index is 0.430. The number of sulfone groups is 1. The fraction of sp³-hybridized carbons (Fsp3) is 0.625. The fourth-order valence-corrected chi connectivity index (χ4v) is 4.76. The van der Waals surface area contributed by atoms with E-state index in [0.29, 0.717) is 4.90 Å². The Hall–Kier alpha value is -0.830. The lowest BCUT2D eigenvalue weighted by Crippen LogP contribution is -2.23. The Morgan fingerprint density at radius 3 is 2.21 bits per heavy atom. The minimum Gasteiger partial charge on any atom is -0.223 e. The van der Waals surface area contributed by atoms with Crippen molar-refractivity contribution < 1.29 is 8.42 Å². The minimum atomic E-state index is -3.12. The largest absolute Gasteiger partial charge is 0.223 e. The highest BCUT2D eigenvalue weighted by Crippen LogP contribution is 2.50. The molecule has 1 aliphatic carbocycles. The van der Waals surface area contributed by atoms with Gasteiger partial charge in [0, 0.05) is 0 Å². The summed E-state index contributed by atoms with van der Waals surface area (Å²) in [6, 6.07) is 8.94. The van der Waals surface area contributed by atoms with Crippen LogP contribution in [0.1, 0.15) is 58.3 Å². The Kier molecular flexibility index (Phi) is 4.67. The average molecular weight is 280 g/mol. The summed E-state index contributed by atoms with van der Waals surface area (Å²) in [6.07, 6.45) is 8.47. The van der Waals surface area contributed by atoms with Crippen molar-refractivity contribution in [2.24, 2.45) is 0 Å². The molecule has 1 saturated carbocycles. The first-order valence-corrected chi connectivity index (χ1v) is 8.90. The second kappa shape index (κ2) is 6.08. The molecule has 19 heavy (non-hydrogen) atoms. The molecule has 0 bridgehead atoms. The third kappa shape index (κ3) is 3.19. The summed E-state index contributed by atoms with van der Waals surface area (Å²) in [5, 5.41) is 0. The summed E-state index contributed by atoms with van der Waals surface area (Å²) in [4.78, 5) is 0.501. The summed E-state index contributed by atoms with van der Waals surface area (Å²) in [7, 11) is -3.12. The van der Waals surface area contributed by atoms with Gasteiger partial charge in [0.05, 0.1) is 9.64 Å². The zero-order chi connectivity index (χ0) is 13.8. The van der Waals surface area contributed by atoms with Crippen LogP contribution in [-0.4, -0.2) is 13.2 Å². The smallest absolute Gasteiger partial charge is 0.184 e. The SMILES string of the molecule is CCCCCCCC1(S(=O)(=O)c2ccccc2)CC1. The van der Waals surface area contributed by atoms with Gasteiger partial charge in [0.1, 0.15) is 0 Å². The maximum atomic E-state index is 12.6.